The lowest BCUT2D eigenvalue weighted by molar-refractivity contribution is 0.0500. The number of benzene rings is 2. The Balaban J connectivity index is 2.04. The lowest BCUT2D eigenvalue weighted by Gasteiger charge is -2.05. The topological polar surface area (TPSA) is 43.4 Å². The zero-order valence-corrected chi connectivity index (χ0v) is 13.1. The summed E-state index contributed by atoms with van der Waals surface area (Å²) >= 11 is 1.52. The summed E-state index contributed by atoms with van der Waals surface area (Å²) in [5.41, 5.74) is 0.504. The highest BCUT2D eigenvalue weighted by atomic mass is 32.1. The second-order valence-corrected chi connectivity index (χ2v) is 6.21. The molecule has 112 valence electrons. The molecule has 3 rings (SSSR count). The number of ether oxygens (including phenoxy) is 1. The van der Waals surface area contributed by atoms with E-state index in [9.17, 15) is 9.59 Å². The van der Waals surface area contributed by atoms with E-state index in [0.717, 1.165) is 27.6 Å². The van der Waals surface area contributed by atoms with Crippen molar-refractivity contribution in [2.45, 2.75) is 19.8 Å². The molecule has 3 aromatic rings. The van der Waals surface area contributed by atoms with Crippen LogP contribution in [0.15, 0.2) is 47.3 Å². The molecule has 0 aliphatic carbocycles. The van der Waals surface area contributed by atoms with Crippen LogP contribution in [0.2, 0.25) is 0 Å². The average Bonchev–Trinajstić information content (AvgIpc) is 2.55. The molecule has 0 atom stereocenters. The van der Waals surface area contributed by atoms with Crippen molar-refractivity contribution in [1.29, 1.82) is 0 Å². The summed E-state index contributed by atoms with van der Waals surface area (Å²) in [5.74, 6) is -0.330. The Morgan fingerprint density at radius 2 is 1.86 bits per heavy atom. The molecule has 0 aliphatic heterocycles. The van der Waals surface area contributed by atoms with Crippen LogP contribution in [0.1, 0.15) is 30.1 Å². The summed E-state index contributed by atoms with van der Waals surface area (Å²) in [6.45, 7) is 2.48. The van der Waals surface area contributed by atoms with Crippen molar-refractivity contribution in [1.82, 2.24) is 0 Å². The molecule has 0 saturated carbocycles. The van der Waals surface area contributed by atoms with Crippen LogP contribution in [-0.4, -0.2) is 12.6 Å². The lowest BCUT2D eigenvalue weighted by Crippen LogP contribution is -2.07. The maximum atomic E-state index is 12.5. The molecule has 0 unspecified atom stereocenters. The minimum absolute atomic E-state index is 0.00949. The molecular weight excluding hydrogens is 296 g/mol. The monoisotopic (exact) mass is 312 g/mol. The number of unbranched alkanes of at least 4 members (excludes halogenated alkanes) is 1. The van der Waals surface area contributed by atoms with Gasteiger partial charge >= 0.3 is 5.97 Å². The Kier molecular flexibility index (Phi) is 4.20. The Bertz CT molecular complexity index is 896. The van der Waals surface area contributed by atoms with E-state index in [1.54, 1.807) is 18.2 Å². The molecule has 1 aromatic heterocycles. The summed E-state index contributed by atoms with van der Waals surface area (Å²) in [4.78, 5) is 24.5. The second kappa shape index (κ2) is 6.28. The van der Waals surface area contributed by atoms with Gasteiger partial charge in [0.15, 0.2) is 5.43 Å². The molecule has 0 fully saturated rings. The Morgan fingerprint density at radius 3 is 2.68 bits per heavy atom. The van der Waals surface area contributed by atoms with Crippen molar-refractivity contribution < 1.29 is 9.53 Å². The molecule has 0 spiro atoms. The minimum atomic E-state index is -0.330. The smallest absolute Gasteiger partial charge is 0.338 e. The van der Waals surface area contributed by atoms with Crippen LogP contribution in [-0.2, 0) is 4.74 Å². The van der Waals surface area contributed by atoms with Crippen LogP contribution < -0.4 is 5.43 Å². The van der Waals surface area contributed by atoms with Gasteiger partial charge < -0.3 is 4.74 Å². The SMILES string of the molecule is CCCCOC(=O)c1ccc2c(=O)c3ccccc3sc2c1. The molecular formula is C18H16O3S. The van der Waals surface area contributed by atoms with E-state index in [0.29, 0.717) is 17.6 Å². The molecule has 0 bridgehead atoms. The van der Waals surface area contributed by atoms with Gasteiger partial charge in [0.25, 0.3) is 0 Å². The number of carbonyl (C=O) groups excluding carboxylic acids is 1. The molecule has 0 N–H and O–H groups in total. The van der Waals surface area contributed by atoms with Crippen LogP contribution in [0, 0.1) is 0 Å². The first-order chi connectivity index (χ1) is 10.7. The molecule has 2 aromatic carbocycles. The van der Waals surface area contributed by atoms with Crippen LogP contribution >= 0.6 is 11.3 Å². The van der Waals surface area contributed by atoms with E-state index >= 15 is 0 Å². The first-order valence-electron chi connectivity index (χ1n) is 7.33. The van der Waals surface area contributed by atoms with Crippen molar-refractivity contribution in [3.05, 3.63) is 58.3 Å². The molecule has 0 radical (unpaired) electrons. The second-order valence-electron chi connectivity index (χ2n) is 5.13. The van der Waals surface area contributed by atoms with E-state index in [4.69, 9.17) is 4.74 Å². The molecule has 4 heteroatoms. The summed E-state index contributed by atoms with van der Waals surface area (Å²) < 4.78 is 6.96. The van der Waals surface area contributed by atoms with Crippen molar-refractivity contribution in [2.24, 2.45) is 0 Å². The van der Waals surface area contributed by atoms with E-state index < -0.39 is 0 Å². The summed E-state index contributed by atoms with van der Waals surface area (Å²) in [6, 6.07) is 12.7. The molecule has 0 saturated heterocycles. The van der Waals surface area contributed by atoms with Gasteiger partial charge in [-0.15, -0.1) is 11.3 Å². The lowest BCUT2D eigenvalue weighted by atomic mass is 10.1. The van der Waals surface area contributed by atoms with Crippen LogP contribution in [0.5, 0.6) is 0 Å². The van der Waals surface area contributed by atoms with Gasteiger partial charge in [0.1, 0.15) is 0 Å². The third kappa shape index (κ3) is 2.74. The van der Waals surface area contributed by atoms with Crippen LogP contribution in [0.25, 0.3) is 20.2 Å². The highest BCUT2D eigenvalue weighted by molar-refractivity contribution is 7.24. The predicted molar refractivity (Wildman–Crippen MR) is 90.8 cm³/mol. The molecule has 3 nitrogen and oxygen atoms in total. The summed E-state index contributed by atoms with van der Waals surface area (Å²) in [5, 5.41) is 1.37. The van der Waals surface area contributed by atoms with Crippen molar-refractivity contribution in [3.8, 4) is 0 Å². The van der Waals surface area contributed by atoms with E-state index in [2.05, 4.69) is 0 Å². The standard InChI is InChI=1S/C18H16O3S/c1-2-3-10-21-18(20)12-8-9-14-16(11-12)22-15-7-5-4-6-13(15)17(14)19/h4-9,11H,2-3,10H2,1H3. The third-order valence-corrected chi connectivity index (χ3v) is 4.68. The highest BCUT2D eigenvalue weighted by Crippen LogP contribution is 2.25. The average molecular weight is 312 g/mol. The first-order valence-corrected chi connectivity index (χ1v) is 8.15. The molecule has 22 heavy (non-hydrogen) atoms. The largest absolute Gasteiger partial charge is 0.462 e. The predicted octanol–water partition coefficient (Wildman–Crippen LogP) is 4.37. The Hall–Kier alpha value is -2.20. The number of carbonyl (C=O) groups is 1. The zero-order chi connectivity index (χ0) is 15.5. The quantitative estimate of drug-likeness (QED) is 0.408. The fourth-order valence-corrected chi connectivity index (χ4v) is 3.43. The van der Waals surface area contributed by atoms with Gasteiger partial charge in [-0.1, -0.05) is 25.5 Å². The number of rotatable bonds is 4. The number of hydrogen-bond donors (Lipinski definition) is 0. The Labute approximate surface area is 132 Å². The first kappa shape index (κ1) is 14.7. The third-order valence-electron chi connectivity index (χ3n) is 3.54. The van der Waals surface area contributed by atoms with E-state index in [-0.39, 0.29) is 11.4 Å². The normalized spacial score (nSPS) is 11.0. The molecule has 1 heterocycles. The number of hydrogen-bond acceptors (Lipinski definition) is 4. The van der Waals surface area contributed by atoms with Crippen molar-refractivity contribution in [2.75, 3.05) is 6.61 Å². The highest BCUT2D eigenvalue weighted by Gasteiger charge is 2.11. The van der Waals surface area contributed by atoms with Crippen LogP contribution in [0.4, 0.5) is 0 Å². The fourth-order valence-electron chi connectivity index (χ4n) is 2.32. The van der Waals surface area contributed by atoms with E-state index in [1.165, 1.54) is 11.3 Å². The number of esters is 1. The van der Waals surface area contributed by atoms with Gasteiger partial charge in [0, 0.05) is 20.2 Å². The van der Waals surface area contributed by atoms with Gasteiger partial charge in [0.05, 0.1) is 12.2 Å². The van der Waals surface area contributed by atoms with Gasteiger partial charge in [0.2, 0.25) is 0 Å². The molecule has 0 aliphatic rings. The Morgan fingerprint density at radius 1 is 1.09 bits per heavy atom. The van der Waals surface area contributed by atoms with Gasteiger partial charge in [-0.3, -0.25) is 4.79 Å². The summed E-state index contributed by atoms with van der Waals surface area (Å²) in [6.07, 6.45) is 1.84. The van der Waals surface area contributed by atoms with E-state index in [1.807, 2.05) is 31.2 Å². The van der Waals surface area contributed by atoms with Gasteiger partial charge in [-0.2, -0.15) is 0 Å². The molecule has 0 amide bonds. The van der Waals surface area contributed by atoms with Crippen LogP contribution in [0.3, 0.4) is 0 Å². The van der Waals surface area contributed by atoms with Gasteiger partial charge in [-0.05, 0) is 36.8 Å². The fraction of sp³-hybridized carbons (Fsp3) is 0.222. The summed E-state index contributed by atoms with van der Waals surface area (Å²) in [7, 11) is 0. The van der Waals surface area contributed by atoms with Crippen molar-refractivity contribution in [3.63, 3.8) is 0 Å². The number of fused-ring (bicyclic) bond motifs is 2. The van der Waals surface area contributed by atoms with Crippen molar-refractivity contribution >= 4 is 37.5 Å². The maximum absolute atomic E-state index is 12.5. The minimum Gasteiger partial charge on any atom is -0.462 e. The van der Waals surface area contributed by atoms with Gasteiger partial charge in [-0.25, -0.2) is 4.79 Å². The zero-order valence-electron chi connectivity index (χ0n) is 12.3. The maximum Gasteiger partial charge on any atom is 0.338 e.